The van der Waals surface area contributed by atoms with Crippen LogP contribution < -0.4 is 5.32 Å². The van der Waals surface area contributed by atoms with E-state index >= 15 is 0 Å². The first-order valence-electron chi connectivity index (χ1n) is 5.94. The van der Waals surface area contributed by atoms with Gasteiger partial charge in [-0.25, -0.2) is 4.79 Å². The highest BCUT2D eigenvalue weighted by Crippen LogP contribution is 2.22. The van der Waals surface area contributed by atoms with Crippen LogP contribution in [-0.2, 0) is 4.74 Å². The summed E-state index contributed by atoms with van der Waals surface area (Å²) in [7, 11) is 4.17. The van der Waals surface area contributed by atoms with Gasteiger partial charge in [-0.1, -0.05) is 0 Å². The summed E-state index contributed by atoms with van der Waals surface area (Å²) in [5.74, 6) is 0. The normalized spacial score (nSPS) is 25.9. The van der Waals surface area contributed by atoms with Gasteiger partial charge in [0, 0.05) is 12.1 Å². The molecule has 0 aliphatic heterocycles. The molecule has 0 aromatic rings. The highest BCUT2D eigenvalue weighted by molar-refractivity contribution is 5.68. The Hall–Kier alpha value is -0.770. The van der Waals surface area contributed by atoms with Crippen molar-refractivity contribution in [3.63, 3.8) is 0 Å². The number of carbonyl (C=O) groups excluding carboxylic acids is 1. The van der Waals surface area contributed by atoms with Gasteiger partial charge in [0.05, 0.1) is 0 Å². The fourth-order valence-corrected chi connectivity index (χ4v) is 2.03. The second kappa shape index (κ2) is 5.04. The van der Waals surface area contributed by atoms with E-state index in [9.17, 15) is 4.79 Å². The molecule has 1 rings (SSSR count). The van der Waals surface area contributed by atoms with E-state index in [1.165, 1.54) is 0 Å². The van der Waals surface area contributed by atoms with Gasteiger partial charge in [-0.2, -0.15) is 0 Å². The summed E-state index contributed by atoms with van der Waals surface area (Å²) < 4.78 is 5.23. The largest absolute Gasteiger partial charge is 0.444 e. The first-order valence-corrected chi connectivity index (χ1v) is 5.94. The van der Waals surface area contributed by atoms with Crippen LogP contribution in [0.4, 0.5) is 4.79 Å². The Morgan fingerprint density at radius 2 is 1.94 bits per heavy atom. The maximum Gasteiger partial charge on any atom is 0.407 e. The predicted molar refractivity (Wildman–Crippen MR) is 64.5 cm³/mol. The average molecular weight is 228 g/mol. The molecule has 4 nitrogen and oxygen atoms in total. The minimum atomic E-state index is -0.413. The number of rotatable bonds is 2. The molecule has 16 heavy (non-hydrogen) atoms. The Balaban J connectivity index is 2.32. The maximum absolute atomic E-state index is 11.5. The fraction of sp³-hybridized carbons (Fsp3) is 0.917. The van der Waals surface area contributed by atoms with Gasteiger partial charge in [0.15, 0.2) is 0 Å². The van der Waals surface area contributed by atoms with E-state index in [1.54, 1.807) is 0 Å². The van der Waals surface area contributed by atoms with Crippen LogP contribution in [0.15, 0.2) is 0 Å². The lowest BCUT2D eigenvalue weighted by Gasteiger charge is -2.22. The molecular formula is C12H24N2O2. The molecule has 0 heterocycles. The highest BCUT2D eigenvalue weighted by Gasteiger charge is 2.28. The molecule has 0 aromatic heterocycles. The van der Waals surface area contributed by atoms with Crippen molar-refractivity contribution in [1.29, 1.82) is 0 Å². The smallest absolute Gasteiger partial charge is 0.407 e. The molecule has 2 atom stereocenters. The number of amides is 1. The number of nitrogens with zero attached hydrogens (tertiary/aromatic N) is 1. The molecule has 0 spiro atoms. The number of hydrogen-bond acceptors (Lipinski definition) is 3. The Morgan fingerprint density at radius 3 is 2.38 bits per heavy atom. The molecular weight excluding hydrogens is 204 g/mol. The minimum absolute atomic E-state index is 0.266. The number of carbonyl (C=O) groups is 1. The van der Waals surface area contributed by atoms with E-state index in [2.05, 4.69) is 24.3 Å². The molecule has 4 heteroatoms. The number of nitrogens with one attached hydrogen (secondary N) is 1. The van der Waals surface area contributed by atoms with Crippen molar-refractivity contribution < 1.29 is 9.53 Å². The molecule has 0 aromatic carbocycles. The van der Waals surface area contributed by atoms with E-state index in [4.69, 9.17) is 4.74 Å². The van der Waals surface area contributed by atoms with Gasteiger partial charge < -0.3 is 15.0 Å². The van der Waals surface area contributed by atoms with E-state index in [-0.39, 0.29) is 12.1 Å². The first-order chi connectivity index (χ1) is 7.28. The predicted octanol–water partition coefficient (Wildman–Crippen LogP) is 1.99. The van der Waals surface area contributed by atoms with E-state index < -0.39 is 5.60 Å². The Kier molecular flexibility index (Phi) is 4.19. The molecule has 1 N–H and O–H groups in total. The highest BCUT2D eigenvalue weighted by atomic mass is 16.6. The zero-order chi connectivity index (χ0) is 12.3. The third kappa shape index (κ3) is 4.39. The van der Waals surface area contributed by atoms with Crippen LogP contribution in [0.5, 0.6) is 0 Å². The van der Waals surface area contributed by atoms with E-state index in [0.717, 1.165) is 19.3 Å². The van der Waals surface area contributed by atoms with Crippen LogP contribution in [0.3, 0.4) is 0 Å². The summed E-state index contributed by atoms with van der Waals surface area (Å²) in [6, 6.07) is 0.849. The van der Waals surface area contributed by atoms with Gasteiger partial charge in [0.25, 0.3) is 0 Å². The van der Waals surface area contributed by atoms with Crippen LogP contribution in [-0.4, -0.2) is 42.8 Å². The lowest BCUT2D eigenvalue weighted by atomic mass is 10.2. The molecule has 0 unspecified atom stereocenters. The van der Waals surface area contributed by atoms with Crippen LogP contribution in [0.25, 0.3) is 0 Å². The topological polar surface area (TPSA) is 41.6 Å². The molecule has 0 saturated heterocycles. The van der Waals surface area contributed by atoms with Crippen molar-refractivity contribution in [1.82, 2.24) is 10.2 Å². The van der Waals surface area contributed by atoms with Crippen molar-refractivity contribution in [3.8, 4) is 0 Å². The maximum atomic E-state index is 11.5. The quantitative estimate of drug-likeness (QED) is 0.786. The molecule has 0 bridgehead atoms. The second-order valence-corrected chi connectivity index (χ2v) is 5.77. The second-order valence-electron chi connectivity index (χ2n) is 5.77. The summed E-state index contributed by atoms with van der Waals surface area (Å²) in [5, 5.41) is 2.93. The van der Waals surface area contributed by atoms with Crippen molar-refractivity contribution in [2.45, 2.75) is 57.7 Å². The standard InChI is InChI=1S/C12H24N2O2/c1-12(2,3)16-11(15)13-9-6-7-10(8-9)14(4)5/h9-10H,6-8H2,1-5H3,(H,13,15)/t9-,10-/m1/s1. The summed E-state index contributed by atoms with van der Waals surface area (Å²) in [6.07, 6.45) is 2.92. The molecule has 1 saturated carbocycles. The molecule has 1 amide bonds. The monoisotopic (exact) mass is 228 g/mol. The van der Waals surface area contributed by atoms with E-state index in [1.807, 2.05) is 20.8 Å². The number of alkyl carbamates (subject to hydrolysis) is 1. The van der Waals surface area contributed by atoms with Gasteiger partial charge in [-0.05, 0) is 54.1 Å². The summed E-state index contributed by atoms with van der Waals surface area (Å²) in [5.41, 5.74) is -0.413. The Bertz CT molecular complexity index is 246. The molecule has 0 radical (unpaired) electrons. The summed E-state index contributed by atoms with van der Waals surface area (Å²) >= 11 is 0. The number of hydrogen-bond donors (Lipinski definition) is 1. The Morgan fingerprint density at radius 1 is 1.31 bits per heavy atom. The van der Waals surface area contributed by atoms with Gasteiger partial charge in [-0.15, -0.1) is 0 Å². The minimum Gasteiger partial charge on any atom is -0.444 e. The zero-order valence-corrected chi connectivity index (χ0v) is 11.0. The van der Waals surface area contributed by atoms with Crippen molar-refractivity contribution >= 4 is 6.09 Å². The molecule has 1 aliphatic carbocycles. The van der Waals surface area contributed by atoms with Gasteiger partial charge >= 0.3 is 6.09 Å². The van der Waals surface area contributed by atoms with Crippen molar-refractivity contribution in [3.05, 3.63) is 0 Å². The molecule has 1 aliphatic rings. The van der Waals surface area contributed by atoms with Crippen LogP contribution in [0, 0.1) is 0 Å². The van der Waals surface area contributed by atoms with Gasteiger partial charge in [0.2, 0.25) is 0 Å². The van der Waals surface area contributed by atoms with Crippen molar-refractivity contribution in [2.75, 3.05) is 14.1 Å². The van der Waals surface area contributed by atoms with Crippen LogP contribution >= 0.6 is 0 Å². The Labute approximate surface area is 98.3 Å². The third-order valence-electron chi connectivity index (χ3n) is 2.86. The van der Waals surface area contributed by atoms with Crippen LogP contribution in [0.1, 0.15) is 40.0 Å². The van der Waals surface area contributed by atoms with E-state index in [0.29, 0.717) is 6.04 Å². The number of ether oxygens (including phenoxy) is 1. The van der Waals surface area contributed by atoms with Gasteiger partial charge in [-0.3, -0.25) is 0 Å². The first kappa shape index (κ1) is 13.3. The van der Waals surface area contributed by atoms with Crippen molar-refractivity contribution in [2.24, 2.45) is 0 Å². The van der Waals surface area contributed by atoms with Crippen LogP contribution in [0.2, 0.25) is 0 Å². The lowest BCUT2D eigenvalue weighted by molar-refractivity contribution is 0.0504. The zero-order valence-electron chi connectivity index (χ0n) is 11.0. The fourth-order valence-electron chi connectivity index (χ4n) is 2.03. The summed E-state index contributed by atoms with van der Waals surface area (Å²) in [6.45, 7) is 5.64. The molecule has 1 fully saturated rings. The SMILES string of the molecule is CN(C)[C@@H]1CC[C@@H](NC(=O)OC(C)(C)C)C1. The average Bonchev–Trinajstić information content (AvgIpc) is 2.48. The summed E-state index contributed by atoms with van der Waals surface area (Å²) in [4.78, 5) is 13.8. The third-order valence-corrected chi connectivity index (χ3v) is 2.86. The molecule has 94 valence electrons. The van der Waals surface area contributed by atoms with Gasteiger partial charge in [0.1, 0.15) is 5.60 Å². The lowest BCUT2D eigenvalue weighted by Crippen LogP contribution is -2.38.